The Labute approximate surface area is 89.6 Å². The highest BCUT2D eigenvalue weighted by Crippen LogP contribution is 2.17. The van der Waals surface area contributed by atoms with Crippen molar-refractivity contribution in [2.75, 3.05) is 20.3 Å². The van der Waals surface area contributed by atoms with E-state index in [1.54, 1.807) is 38.3 Å². The molecule has 0 saturated carbocycles. The predicted molar refractivity (Wildman–Crippen MR) is 58.2 cm³/mol. The summed E-state index contributed by atoms with van der Waals surface area (Å²) >= 11 is 0. The van der Waals surface area contributed by atoms with E-state index >= 15 is 0 Å². The normalized spacial score (nSPS) is 14.4. The maximum absolute atomic E-state index is 9.61. The number of ether oxygens (including phenoxy) is 2. The number of nitrogens with two attached hydrogens (primary N) is 1. The lowest BCUT2D eigenvalue weighted by Gasteiger charge is -2.21. The van der Waals surface area contributed by atoms with Gasteiger partial charge in [-0.1, -0.05) is 0 Å². The quantitative estimate of drug-likeness (QED) is 0.755. The minimum atomic E-state index is -0.986. The predicted octanol–water partition coefficient (Wildman–Crippen LogP) is 0.784. The van der Waals surface area contributed by atoms with Crippen molar-refractivity contribution in [1.82, 2.24) is 0 Å². The van der Waals surface area contributed by atoms with Crippen LogP contribution in [0.15, 0.2) is 24.3 Å². The Balaban J connectivity index is 2.51. The van der Waals surface area contributed by atoms with Gasteiger partial charge < -0.3 is 20.3 Å². The summed E-state index contributed by atoms with van der Waals surface area (Å²) in [4.78, 5) is 0. The molecule has 1 rings (SSSR count). The van der Waals surface area contributed by atoms with E-state index in [0.717, 1.165) is 5.75 Å². The van der Waals surface area contributed by atoms with Gasteiger partial charge in [0, 0.05) is 6.54 Å². The molecule has 0 spiro atoms. The van der Waals surface area contributed by atoms with Gasteiger partial charge in [-0.2, -0.15) is 0 Å². The Hall–Kier alpha value is -1.26. The molecular weight excluding hydrogens is 194 g/mol. The molecule has 1 aromatic carbocycles. The molecule has 84 valence electrons. The van der Waals surface area contributed by atoms with Gasteiger partial charge in [-0.3, -0.25) is 0 Å². The Morgan fingerprint density at radius 2 is 1.80 bits per heavy atom. The Bertz CT molecular complexity index is 295. The lowest BCUT2D eigenvalue weighted by Crippen LogP contribution is -2.40. The molecule has 1 atom stereocenters. The fourth-order valence-electron chi connectivity index (χ4n) is 0.970. The molecule has 0 aliphatic rings. The molecule has 0 aliphatic carbocycles. The van der Waals surface area contributed by atoms with Crippen LogP contribution in [0, 0.1) is 0 Å². The van der Waals surface area contributed by atoms with E-state index in [0.29, 0.717) is 5.75 Å². The first kappa shape index (κ1) is 11.8. The fourth-order valence-corrected chi connectivity index (χ4v) is 0.970. The third kappa shape index (κ3) is 3.77. The maximum atomic E-state index is 9.61. The number of hydrogen-bond acceptors (Lipinski definition) is 4. The average molecular weight is 211 g/mol. The SMILES string of the molecule is COc1ccc(OCC(C)(O)CN)cc1. The van der Waals surface area contributed by atoms with Crippen LogP contribution in [-0.2, 0) is 0 Å². The second-order valence-corrected chi connectivity index (χ2v) is 3.67. The summed E-state index contributed by atoms with van der Waals surface area (Å²) in [5.74, 6) is 1.46. The summed E-state index contributed by atoms with van der Waals surface area (Å²) in [5.41, 5.74) is 4.38. The summed E-state index contributed by atoms with van der Waals surface area (Å²) in [6.07, 6.45) is 0. The molecule has 4 heteroatoms. The van der Waals surface area contributed by atoms with Gasteiger partial charge >= 0.3 is 0 Å². The monoisotopic (exact) mass is 211 g/mol. The summed E-state index contributed by atoms with van der Waals surface area (Å²) in [7, 11) is 1.61. The van der Waals surface area contributed by atoms with Crippen LogP contribution in [-0.4, -0.2) is 31.0 Å². The van der Waals surface area contributed by atoms with Crippen molar-refractivity contribution in [3.63, 3.8) is 0 Å². The van der Waals surface area contributed by atoms with Crippen LogP contribution in [0.3, 0.4) is 0 Å². The number of benzene rings is 1. The second-order valence-electron chi connectivity index (χ2n) is 3.67. The van der Waals surface area contributed by atoms with Gasteiger partial charge in [0.15, 0.2) is 0 Å². The molecular formula is C11H17NO3. The van der Waals surface area contributed by atoms with E-state index in [9.17, 15) is 5.11 Å². The van der Waals surface area contributed by atoms with Crippen molar-refractivity contribution in [3.8, 4) is 11.5 Å². The average Bonchev–Trinajstić information content (AvgIpc) is 2.27. The van der Waals surface area contributed by atoms with Gasteiger partial charge in [0.1, 0.15) is 23.7 Å². The first-order valence-electron chi connectivity index (χ1n) is 4.77. The van der Waals surface area contributed by atoms with Gasteiger partial charge in [0.2, 0.25) is 0 Å². The number of hydrogen-bond donors (Lipinski definition) is 2. The molecule has 0 saturated heterocycles. The molecule has 0 fully saturated rings. The van der Waals surface area contributed by atoms with E-state index in [2.05, 4.69) is 0 Å². The lowest BCUT2D eigenvalue weighted by atomic mass is 10.1. The molecule has 0 bridgehead atoms. The van der Waals surface area contributed by atoms with Crippen LogP contribution in [0.25, 0.3) is 0 Å². The number of aliphatic hydroxyl groups is 1. The molecule has 0 aromatic heterocycles. The maximum Gasteiger partial charge on any atom is 0.119 e. The smallest absolute Gasteiger partial charge is 0.119 e. The van der Waals surface area contributed by atoms with Gasteiger partial charge in [0.25, 0.3) is 0 Å². The van der Waals surface area contributed by atoms with Gasteiger partial charge in [-0.25, -0.2) is 0 Å². The third-order valence-electron chi connectivity index (χ3n) is 2.05. The minimum absolute atomic E-state index is 0.170. The third-order valence-corrected chi connectivity index (χ3v) is 2.05. The lowest BCUT2D eigenvalue weighted by molar-refractivity contribution is 0.0195. The first-order chi connectivity index (χ1) is 7.07. The largest absolute Gasteiger partial charge is 0.497 e. The molecule has 0 radical (unpaired) electrons. The van der Waals surface area contributed by atoms with Crippen LogP contribution in [0.5, 0.6) is 11.5 Å². The molecule has 0 aliphatic heterocycles. The molecule has 1 aromatic rings. The van der Waals surface area contributed by atoms with Crippen molar-refractivity contribution < 1.29 is 14.6 Å². The standard InChI is InChI=1S/C11H17NO3/c1-11(13,7-12)8-15-10-5-3-9(14-2)4-6-10/h3-6,13H,7-8,12H2,1-2H3. The molecule has 1 unspecified atom stereocenters. The first-order valence-corrected chi connectivity index (χ1v) is 4.77. The summed E-state index contributed by atoms with van der Waals surface area (Å²) in [5, 5.41) is 9.61. The van der Waals surface area contributed by atoms with Crippen molar-refractivity contribution >= 4 is 0 Å². The van der Waals surface area contributed by atoms with Crippen molar-refractivity contribution in [1.29, 1.82) is 0 Å². The summed E-state index contributed by atoms with van der Waals surface area (Å²) < 4.78 is 10.4. The Morgan fingerprint density at radius 3 is 2.27 bits per heavy atom. The summed E-state index contributed by atoms with van der Waals surface area (Å²) in [6.45, 7) is 1.98. The fraction of sp³-hybridized carbons (Fsp3) is 0.455. The van der Waals surface area contributed by atoms with Gasteiger partial charge in [0.05, 0.1) is 7.11 Å². The van der Waals surface area contributed by atoms with E-state index in [-0.39, 0.29) is 13.2 Å². The van der Waals surface area contributed by atoms with E-state index < -0.39 is 5.60 Å². The van der Waals surface area contributed by atoms with Crippen LogP contribution < -0.4 is 15.2 Å². The van der Waals surface area contributed by atoms with Crippen molar-refractivity contribution in [2.45, 2.75) is 12.5 Å². The van der Waals surface area contributed by atoms with Gasteiger partial charge in [-0.05, 0) is 31.2 Å². The molecule has 3 N–H and O–H groups in total. The van der Waals surface area contributed by atoms with Crippen LogP contribution >= 0.6 is 0 Å². The molecule has 15 heavy (non-hydrogen) atoms. The van der Waals surface area contributed by atoms with Crippen molar-refractivity contribution in [3.05, 3.63) is 24.3 Å². The topological polar surface area (TPSA) is 64.7 Å². The zero-order valence-corrected chi connectivity index (χ0v) is 9.06. The van der Waals surface area contributed by atoms with E-state index in [1.165, 1.54) is 0 Å². The van der Waals surface area contributed by atoms with Crippen molar-refractivity contribution in [2.24, 2.45) is 5.73 Å². The zero-order chi connectivity index (χ0) is 11.3. The molecule has 0 heterocycles. The highest BCUT2D eigenvalue weighted by Gasteiger charge is 2.18. The second kappa shape index (κ2) is 5.00. The van der Waals surface area contributed by atoms with Gasteiger partial charge in [-0.15, -0.1) is 0 Å². The molecule has 4 nitrogen and oxygen atoms in total. The highest BCUT2D eigenvalue weighted by atomic mass is 16.5. The Kier molecular flexibility index (Phi) is 3.94. The number of rotatable bonds is 5. The minimum Gasteiger partial charge on any atom is -0.497 e. The Morgan fingerprint density at radius 1 is 1.27 bits per heavy atom. The summed E-state index contributed by atoms with van der Waals surface area (Å²) in [6, 6.07) is 7.16. The highest BCUT2D eigenvalue weighted by molar-refractivity contribution is 5.31. The molecule has 0 amide bonds. The van der Waals surface area contributed by atoms with E-state index in [4.69, 9.17) is 15.2 Å². The van der Waals surface area contributed by atoms with Crippen LogP contribution in [0.1, 0.15) is 6.92 Å². The number of methoxy groups -OCH3 is 1. The van der Waals surface area contributed by atoms with E-state index in [1.807, 2.05) is 0 Å². The zero-order valence-electron chi connectivity index (χ0n) is 9.06. The van der Waals surface area contributed by atoms with Crippen LogP contribution in [0.2, 0.25) is 0 Å². The van der Waals surface area contributed by atoms with Crippen LogP contribution in [0.4, 0.5) is 0 Å².